The average Bonchev–Trinajstić information content (AvgIpc) is 2.52. The van der Waals surface area contributed by atoms with Crippen LogP contribution in [0.4, 0.5) is 0 Å². The third-order valence-corrected chi connectivity index (χ3v) is 4.19. The standard InChI is InChI=1S/C17H20ClNO3/c18-15-4-1-13(2-5-15)3-6-16(20)9-12-19-10-7-14(8-11-19)17(21)22/h1-6,14H,7-12H2,(H,21,22)/b6-3+. The first-order valence-corrected chi connectivity index (χ1v) is 7.84. The van der Waals surface area contributed by atoms with Crippen LogP contribution in [0, 0.1) is 5.92 Å². The lowest BCUT2D eigenvalue weighted by molar-refractivity contribution is -0.143. The maximum atomic E-state index is 11.9. The van der Waals surface area contributed by atoms with Crippen molar-refractivity contribution in [1.82, 2.24) is 4.90 Å². The van der Waals surface area contributed by atoms with E-state index in [0.717, 1.165) is 18.7 Å². The molecule has 0 atom stereocenters. The number of halogens is 1. The fourth-order valence-corrected chi connectivity index (χ4v) is 2.64. The van der Waals surface area contributed by atoms with Gasteiger partial charge < -0.3 is 10.0 Å². The molecule has 0 aliphatic carbocycles. The van der Waals surface area contributed by atoms with E-state index in [4.69, 9.17) is 16.7 Å². The zero-order valence-electron chi connectivity index (χ0n) is 12.4. The number of nitrogens with zero attached hydrogens (tertiary/aromatic N) is 1. The Bertz CT molecular complexity index is 546. The van der Waals surface area contributed by atoms with Crippen LogP contribution in [0.1, 0.15) is 24.8 Å². The molecule has 0 unspecified atom stereocenters. The molecule has 1 heterocycles. The van der Waals surface area contributed by atoms with Crippen LogP contribution < -0.4 is 0 Å². The second-order valence-corrected chi connectivity index (χ2v) is 5.99. The molecule has 1 aliphatic rings. The molecule has 0 amide bonds. The molecule has 0 bridgehead atoms. The number of allylic oxidation sites excluding steroid dienone is 1. The van der Waals surface area contributed by atoms with E-state index in [1.165, 1.54) is 0 Å². The number of carbonyl (C=O) groups is 2. The van der Waals surface area contributed by atoms with Crippen molar-refractivity contribution in [3.63, 3.8) is 0 Å². The van der Waals surface area contributed by atoms with Crippen LogP contribution in [0.25, 0.3) is 6.08 Å². The third kappa shape index (κ3) is 5.28. The van der Waals surface area contributed by atoms with Crippen LogP contribution in [0.15, 0.2) is 30.3 Å². The number of carboxylic acids is 1. The van der Waals surface area contributed by atoms with E-state index in [0.29, 0.717) is 30.8 Å². The van der Waals surface area contributed by atoms with Gasteiger partial charge in [-0.25, -0.2) is 0 Å². The van der Waals surface area contributed by atoms with E-state index in [-0.39, 0.29) is 11.7 Å². The van der Waals surface area contributed by atoms with Crippen molar-refractivity contribution in [3.8, 4) is 0 Å². The lowest BCUT2D eigenvalue weighted by Gasteiger charge is -2.29. The van der Waals surface area contributed by atoms with E-state index in [9.17, 15) is 9.59 Å². The highest BCUT2D eigenvalue weighted by Gasteiger charge is 2.24. The second-order valence-electron chi connectivity index (χ2n) is 5.56. The maximum Gasteiger partial charge on any atom is 0.306 e. The van der Waals surface area contributed by atoms with E-state index in [1.807, 2.05) is 12.1 Å². The number of aliphatic carboxylic acids is 1. The minimum Gasteiger partial charge on any atom is -0.481 e. The molecule has 22 heavy (non-hydrogen) atoms. The zero-order chi connectivity index (χ0) is 15.9. The number of ketones is 1. The molecule has 118 valence electrons. The molecule has 0 aromatic heterocycles. The highest BCUT2D eigenvalue weighted by atomic mass is 35.5. The molecule has 4 nitrogen and oxygen atoms in total. The smallest absolute Gasteiger partial charge is 0.306 e. The Morgan fingerprint density at radius 2 is 1.86 bits per heavy atom. The number of rotatable bonds is 6. The normalized spacial score (nSPS) is 17.0. The predicted octanol–water partition coefficient (Wildman–Crippen LogP) is 3.11. The molecule has 0 saturated carbocycles. The fraction of sp³-hybridized carbons (Fsp3) is 0.412. The van der Waals surface area contributed by atoms with Crippen molar-refractivity contribution in [2.75, 3.05) is 19.6 Å². The summed E-state index contributed by atoms with van der Waals surface area (Å²) in [5.74, 6) is -0.853. The van der Waals surface area contributed by atoms with Gasteiger partial charge in [0.05, 0.1) is 5.92 Å². The van der Waals surface area contributed by atoms with Crippen molar-refractivity contribution in [3.05, 3.63) is 40.9 Å². The molecular weight excluding hydrogens is 302 g/mol. The number of piperidine rings is 1. The largest absolute Gasteiger partial charge is 0.481 e. The number of hydrogen-bond donors (Lipinski definition) is 1. The molecule has 2 rings (SSSR count). The molecule has 5 heteroatoms. The summed E-state index contributed by atoms with van der Waals surface area (Å²) in [5.41, 5.74) is 0.944. The predicted molar refractivity (Wildman–Crippen MR) is 86.9 cm³/mol. The number of benzene rings is 1. The van der Waals surface area contributed by atoms with E-state index < -0.39 is 5.97 Å². The van der Waals surface area contributed by atoms with Crippen molar-refractivity contribution >= 4 is 29.4 Å². The zero-order valence-corrected chi connectivity index (χ0v) is 13.1. The van der Waals surface area contributed by atoms with E-state index >= 15 is 0 Å². The Balaban J connectivity index is 1.72. The summed E-state index contributed by atoms with van der Waals surface area (Å²) in [6, 6.07) is 7.31. The van der Waals surface area contributed by atoms with Gasteiger partial charge >= 0.3 is 5.97 Å². The first kappa shape index (κ1) is 16.7. The second kappa shape index (κ2) is 8.11. The van der Waals surface area contributed by atoms with Gasteiger partial charge in [0, 0.05) is 18.0 Å². The maximum absolute atomic E-state index is 11.9. The van der Waals surface area contributed by atoms with Crippen molar-refractivity contribution in [2.24, 2.45) is 5.92 Å². The van der Waals surface area contributed by atoms with Gasteiger partial charge in [-0.05, 0) is 49.7 Å². The summed E-state index contributed by atoms with van der Waals surface area (Å²) < 4.78 is 0. The van der Waals surface area contributed by atoms with Crippen LogP contribution in [0.3, 0.4) is 0 Å². The summed E-state index contributed by atoms with van der Waals surface area (Å²) >= 11 is 5.81. The first-order valence-electron chi connectivity index (χ1n) is 7.46. The third-order valence-electron chi connectivity index (χ3n) is 3.94. The van der Waals surface area contributed by atoms with E-state index in [1.54, 1.807) is 24.3 Å². The Labute approximate surface area is 135 Å². The number of carbonyl (C=O) groups excluding carboxylic acids is 1. The molecule has 1 aliphatic heterocycles. The molecule has 1 N–H and O–H groups in total. The lowest BCUT2D eigenvalue weighted by atomic mass is 9.97. The van der Waals surface area contributed by atoms with Gasteiger partial charge in [-0.2, -0.15) is 0 Å². The highest BCUT2D eigenvalue weighted by molar-refractivity contribution is 6.30. The summed E-state index contributed by atoms with van der Waals surface area (Å²) in [6.07, 6.45) is 5.18. The molecule has 1 saturated heterocycles. The van der Waals surface area contributed by atoms with Crippen molar-refractivity contribution in [1.29, 1.82) is 0 Å². The molecule has 0 radical (unpaired) electrons. The van der Waals surface area contributed by atoms with Crippen LogP contribution in [0.2, 0.25) is 5.02 Å². The van der Waals surface area contributed by atoms with Crippen LogP contribution in [0.5, 0.6) is 0 Å². The quantitative estimate of drug-likeness (QED) is 0.818. The van der Waals surface area contributed by atoms with Crippen molar-refractivity contribution < 1.29 is 14.7 Å². The van der Waals surface area contributed by atoms with Gasteiger partial charge in [-0.1, -0.05) is 29.8 Å². The highest BCUT2D eigenvalue weighted by Crippen LogP contribution is 2.17. The SMILES string of the molecule is O=C(/C=C/c1ccc(Cl)cc1)CCN1CCC(C(=O)O)CC1. The average molecular weight is 322 g/mol. The topological polar surface area (TPSA) is 57.6 Å². The summed E-state index contributed by atoms with van der Waals surface area (Å²) in [6.45, 7) is 2.20. The number of likely N-dealkylation sites (tertiary alicyclic amines) is 1. The Morgan fingerprint density at radius 3 is 2.45 bits per heavy atom. The van der Waals surface area contributed by atoms with Gasteiger partial charge in [0.25, 0.3) is 0 Å². The van der Waals surface area contributed by atoms with Crippen LogP contribution >= 0.6 is 11.6 Å². The number of carboxylic acid groups (broad SMARTS) is 1. The lowest BCUT2D eigenvalue weighted by Crippen LogP contribution is -2.37. The summed E-state index contributed by atoms with van der Waals surface area (Å²) in [4.78, 5) is 24.9. The van der Waals surface area contributed by atoms with Gasteiger partial charge in [-0.15, -0.1) is 0 Å². The molecular formula is C17H20ClNO3. The van der Waals surface area contributed by atoms with Crippen molar-refractivity contribution in [2.45, 2.75) is 19.3 Å². The molecule has 1 aromatic carbocycles. The first-order chi connectivity index (χ1) is 10.5. The monoisotopic (exact) mass is 321 g/mol. The minimum atomic E-state index is -0.707. The fourth-order valence-electron chi connectivity index (χ4n) is 2.52. The van der Waals surface area contributed by atoms with Gasteiger partial charge in [-0.3, -0.25) is 9.59 Å². The van der Waals surface area contributed by atoms with E-state index in [2.05, 4.69) is 4.90 Å². The summed E-state index contributed by atoms with van der Waals surface area (Å²) in [5, 5.41) is 9.62. The molecule has 1 fully saturated rings. The van der Waals surface area contributed by atoms with Gasteiger partial charge in [0.15, 0.2) is 5.78 Å². The Hall–Kier alpha value is -1.65. The Kier molecular flexibility index (Phi) is 6.16. The summed E-state index contributed by atoms with van der Waals surface area (Å²) in [7, 11) is 0. The van der Waals surface area contributed by atoms with Gasteiger partial charge in [0.1, 0.15) is 0 Å². The van der Waals surface area contributed by atoms with Gasteiger partial charge in [0.2, 0.25) is 0 Å². The number of hydrogen-bond acceptors (Lipinski definition) is 3. The molecule has 1 aromatic rings. The molecule has 0 spiro atoms. The Morgan fingerprint density at radius 1 is 1.23 bits per heavy atom. The van der Waals surface area contributed by atoms with Crippen LogP contribution in [-0.4, -0.2) is 41.4 Å². The van der Waals surface area contributed by atoms with Crippen LogP contribution in [-0.2, 0) is 9.59 Å². The minimum absolute atomic E-state index is 0.0790.